The molecule has 0 fully saturated rings. The van der Waals surface area contributed by atoms with Crippen molar-refractivity contribution in [2.45, 2.75) is 26.4 Å². The zero-order valence-electron chi connectivity index (χ0n) is 15.6. The van der Waals surface area contributed by atoms with Crippen LogP contribution in [0.1, 0.15) is 31.0 Å². The summed E-state index contributed by atoms with van der Waals surface area (Å²) in [5, 5.41) is 7.70. The predicted molar refractivity (Wildman–Crippen MR) is 108 cm³/mol. The Bertz CT molecular complexity index is 866. The Labute approximate surface area is 167 Å². The zero-order valence-corrected chi connectivity index (χ0v) is 17.2. The molecule has 0 aliphatic carbocycles. The van der Waals surface area contributed by atoms with Gasteiger partial charge in [0, 0.05) is 12.6 Å². The molecular weight excluding hydrogens is 408 g/mol. The lowest BCUT2D eigenvalue weighted by molar-refractivity contribution is 0.309. The van der Waals surface area contributed by atoms with E-state index >= 15 is 0 Å². The first kappa shape index (κ1) is 19.4. The molecule has 0 aliphatic rings. The minimum atomic E-state index is 0.200. The van der Waals surface area contributed by atoms with Gasteiger partial charge in [-0.15, -0.1) is 0 Å². The van der Waals surface area contributed by atoms with Crippen molar-refractivity contribution in [2.75, 3.05) is 13.7 Å². The largest absolute Gasteiger partial charge is 0.492 e. The standard InChI is InChI=1S/C20H23BrN4O2/c1-4-27-19-10-15(9-18(21)20(19)26-3)11-23-14(2)16-5-7-17(8-6-16)25-13-22-12-24-25/h5-10,12-14,23H,4,11H2,1-3H3. The summed E-state index contributed by atoms with van der Waals surface area (Å²) in [4.78, 5) is 3.98. The first-order valence-corrected chi connectivity index (χ1v) is 9.59. The normalized spacial score (nSPS) is 12.0. The summed E-state index contributed by atoms with van der Waals surface area (Å²) in [5.41, 5.74) is 3.32. The lowest BCUT2D eigenvalue weighted by Gasteiger charge is -2.17. The molecule has 1 atom stereocenters. The Balaban J connectivity index is 1.67. The van der Waals surface area contributed by atoms with Crippen LogP contribution in [0.4, 0.5) is 0 Å². The fourth-order valence-electron chi connectivity index (χ4n) is 2.83. The highest BCUT2D eigenvalue weighted by atomic mass is 79.9. The van der Waals surface area contributed by atoms with Gasteiger partial charge in [-0.1, -0.05) is 12.1 Å². The lowest BCUT2D eigenvalue weighted by atomic mass is 10.1. The van der Waals surface area contributed by atoms with Crippen LogP contribution in [0.3, 0.4) is 0 Å². The summed E-state index contributed by atoms with van der Waals surface area (Å²) in [6.07, 6.45) is 3.22. The maximum atomic E-state index is 5.69. The molecule has 142 valence electrons. The van der Waals surface area contributed by atoms with Gasteiger partial charge >= 0.3 is 0 Å². The number of ether oxygens (including phenoxy) is 2. The molecule has 1 heterocycles. The SMILES string of the molecule is CCOc1cc(CNC(C)c2ccc(-n3cncn3)cc2)cc(Br)c1OC. The molecule has 1 N–H and O–H groups in total. The second-order valence-electron chi connectivity index (χ2n) is 6.08. The Morgan fingerprint density at radius 1 is 1.22 bits per heavy atom. The van der Waals surface area contributed by atoms with Crippen LogP contribution < -0.4 is 14.8 Å². The zero-order chi connectivity index (χ0) is 19.2. The third-order valence-electron chi connectivity index (χ3n) is 4.26. The number of benzene rings is 2. The molecule has 7 heteroatoms. The number of methoxy groups -OCH3 is 1. The highest BCUT2D eigenvalue weighted by Gasteiger charge is 2.12. The fourth-order valence-corrected chi connectivity index (χ4v) is 3.48. The summed E-state index contributed by atoms with van der Waals surface area (Å²) < 4.78 is 13.7. The van der Waals surface area contributed by atoms with Gasteiger partial charge in [0.25, 0.3) is 0 Å². The molecule has 3 rings (SSSR count). The van der Waals surface area contributed by atoms with Crippen molar-refractivity contribution in [3.8, 4) is 17.2 Å². The highest BCUT2D eigenvalue weighted by molar-refractivity contribution is 9.10. The summed E-state index contributed by atoms with van der Waals surface area (Å²) in [6.45, 7) is 5.42. The van der Waals surface area contributed by atoms with Crippen LogP contribution in [-0.4, -0.2) is 28.5 Å². The second kappa shape index (κ2) is 9.01. The van der Waals surface area contributed by atoms with Crippen molar-refractivity contribution < 1.29 is 9.47 Å². The summed E-state index contributed by atoms with van der Waals surface area (Å²) in [7, 11) is 1.64. The van der Waals surface area contributed by atoms with Gasteiger partial charge in [-0.05, 0) is 65.2 Å². The molecule has 1 unspecified atom stereocenters. The second-order valence-corrected chi connectivity index (χ2v) is 6.93. The third-order valence-corrected chi connectivity index (χ3v) is 4.85. The van der Waals surface area contributed by atoms with Crippen LogP contribution in [0.5, 0.6) is 11.5 Å². The number of aromatic nitrogens is 3. The lowest BCUT2D eigenvalue weighted by Crippen LogP contribution is -2.18. The van der Waals surface area contributed by atoms with Crippen molar-refractivity contribution in [3.05, 3.63) is 64.7 Å². The molecule has 0 spiro atoms. The molecule has 0 radical (unpaired) electrons. The van der Waals surface area contributed by atoms with E-state index in [0.717, 1.165) is 27.2 Å². The van der Waals surface area contributed by atoms with E-state index in [1.807, 2.05) is 25.1 Å². The molecule has 27 heavy (non-hydrogen) atoms. The molecule has 6 nitrogen and oxygen atoms in total. The summed E-state index contributed by atoms with van der Waals surface area (Å²) in [5.74, 6) is 1.47. The van der Waals surface area contributed by atoms with Crippen LogP contribution in [0, 0.1) is 0 Å². The molecule has 3 aromatic rings. The van der Waals surface area contributed by atoms with Gasteiger partial charge in [-0.25, -0.2) is 9.67 Å². The van der Waals surface area contributed by atoms with Crippen LogP contribution in [0.25, 0.3) is 5.69 Å². The minimum Gasteiger partial charge on any atom is -0.492 e. The third kappa shape index (κ3) is 4.67. The quantitative estimate of drug-likeness (QED) is 0.577. The van der Waals surface area contributed by atoms with Crippen LogP contribution in [0.15, 0.2) is 53.5 Å². The van der Waals surface area contributed by atoms with Crippen molar-refractivity contribution >= 4 is 15.9 Å². The Morgan fingerprint density at radius 3 is 2.63 bits per heavy atom. The van der Waals surface area contributed by atoms with Crippen molar-refractivity contribution in [1.82, 2.24) is 20.1 Å². The van der Waals surface area contributed by atoms with Gasteiger partial charge in [0.2, 0.25) is 0 Å². The average Bonchev–Trinajstić information content (AvgIpc) is 3.21. The van der Waals surface area contributed by atoms with E-state index in [1.165, 1.54) is 11.9 Å². The number of nitrogens with one attached hydrogen (secondary N) is 1. The fraction of sp³-hybridized carbons (Fsp3) is 0.300. The number of nitrogens with zero attached hydrogens (tertiary/aromatic N) is 3. The van der Waals surface area contributed by atoms with Gasteiger partial charge in [0.15, 0.2) is 11.5 Å². The van der Waals surface area contributed by atoms with Gasteiger partial charge in [-0.3, -0.25) is 0 Å². The van der Waals surface area contributed by atoms with Gasteiger partial charge in [-0.2, -0.15) is 5.10 Å². The molecule has 0 bridgehead atoms. The number of halogens is 1. The predicted octanol–water partition coefficient (Wildman–Crippen LogP) is 4.29. The minimum absolute atomic E-state index is 0.200. The summed E-state index contributed by atoms with van der Waals surface area (Å²) in [6, 6.07) is 12.6. The average molecular weight is 431 g/mol. The van der Waals surface area contributed by atoms with Gasteiger partial charge < -0.3 is 14.8 Å². The van der Waals surface area contributed by atoms with Crippen LogP contribution in [0.2, 0.25) is 0 Å². The topological polar surface area (TPSA) is 61.2 Å². The first-order valence-electron chi connectivity index (χ1n) is 8.80. The Hall–Kier alpha value is -2.38. The highest BCUT2D eigenvalue weighted by Crippen LogP contribution is 2.36. The number of hydrogen-bond donors (Lipinski definition) is 1. The van der Waals surface area contributed by atoms with E-state index in [-0.39, 0.29) is 6.04 Å². The van der Waals surface area contributed by atoms with Gasteiger partial charge in [0.1, 0.15) is 12.7 Å². The monoisotopic (exact) mass is 430 g/mol. The molecule has 1 aromatic heterocycles. The number of rotatable bonds is 8. The van der Waals surface area contributed by atoms with E-state index in [1.54, 1.807) is 18.1 Å². The van der Waals surface area contributed by atoms with Crippen molar-refractivity contribution in [2.24, 2.45) is 0 Å². The molecule has 0 amide bonds. The maximum absolute atomic E-state index is 5.69. The maximum Gasteiger partial charge on any atom is 0.174 e. The smallest absolute Gasteiger partial charge is 0.174 e. The number of hydrogen-bond acceptors (Lipinski definition) is 5. The van der Waals surface area contributed by atoms with Crippen molar-refractivity contribution in [1.29, 1.82) is 0 Å². The Kier molecular flexibility index (Phi) is 6.47. The van der Waals surface area contributed by atoms with Crippen LogP contribution >= 0.6 is 15.9 Å². The molecular formula is C20H23BrN4O2. The van der Waals surface area contributed by atoms with E-state index in [4.69, 9.17) is 9.47 Å². The Morgan fingerprint density at radius 2 is 2.00 bits per heavy atom. The van der Waals surface area contributed by atoms with E-state index in [9.17, 15) is 0 Å². The molecule has 0 saturated heterocycles. The van der Waals surface area contributed by atoms with Gasteiger partial charge in [0.05, 0.1) is 23.9 Å². The summed E-state index contributed by atoms with van der Waals surface area (Å²) >= 11 is 3.56. The van der Waals surface area contributed by atoms with E-state index in [0.29, 0.717) is 13.2 Å². The molecule has 0 saturated carbocycles. The molecule has 2 aromatic carbocycles. The van der Waals surface area contributed by atoms with Crippen LogP contribution in [-0.2, 0) is 6.54 Å². The van der Waals surface area contributed by atoms with E-state index < -0.39 is 0 Å². The molecule has 0 aliphatic heterocycles. The van der Waals surface area contributed by atoms with Crippen molar-refractivity contribution in [3.63, 3.8) is 0 Å². The first-order chi connectivity index (χ1) is 13.1. The van der Waals surface area contributed by atoms with E-state index in [2.05, 4.69) is 56.5 Å².